The molecule has 0 amide bonds. The third-order valence-corrected chi connectivity index (χ3v) is 12.4. The van der Waals surface area contributed by atoms with E-state index in [0.717, 1.165) is 0 Å². The molecule has 1 nitrogen and oxygen atoms in total. The Morgan fingerprint density at radius 2 is 0.958 bits per heavy atom. The van der Waals surface area contributed by atoms with Crippen LogP contribution in [0.5, 0.6) is 0 Å². The van der Waals surface area contributed by atoms with Gasteiger partial charge in [0, 0.05) is 0 Å². The highest BCUT2D eigenvalue weighted by molar-refractivity contribution is 7.09. The van der Waals surface area contributed by atoms with Crippen LogP contribution in [0.15, 0.2) is 91.0 Å². The van der Waals surface area contributed by atoms with Gasteiger partial charge in [-0.15, -0.1) is 0 Å². The van der Waals surface area contributed by atoms with Gasteiger partial charge >= 0.3 is 0 Å². The maximum Gasteiger partial charge on any atom is 0.278 e. The lowest BCUT2D eigenvalue weighted by molar-refractivity contribution is 0.554. The minimum Gasteiger partial charge on any atom is -0.445 e. The van der Waals surface area contributed by atoms with Crippen LogP contribution in [-0.2, 0) is 4.12 Å². The van der Waals surface area contributed by atoms with Gasteiger partial charge in [0.1, 0.15) is 0 Å². The fraction of sp³-hybridized carbons (Fsp3) is 0.143. The van der Waals surface area contributed by atoms with Gasteiger partial charge < -0.3 is 4.12 Å². The van der Waals surface area contributed by atoms with Crippen LogP contribution in [0.25, 0.3) is 0 Å². The molecule has 4 rings (SSSR count). The van der Waals surface area contributed by atoms with E-state index >= 15 is 0 Å². The van der Waals surface area contributed by atoms with Crippen molar-refractivity contribution in [2.24, 2.45) is 0 Å². The normalized spacial score (nSPS) is 15.0. The van der Waals surface area contributed by atoms with Crippen LogP contribution >= 0.6 is 0 Å². The summed E-state index contributed by atoms with van der Waals surface area (Å²) in [5.74, 6) is 0. The van der Waals surface area contributed by atoms with Crippen molar-refractivity contribution >= 4 is 32.9 Å². The van der Waals surface area contributed by atoms with E-state index in [4.69, 9.17) is 4.12 Å². The van der Waals surface area contributed by atoms with Crippen molar-refractivity contribution in [1.29, 1.82) is 0 Å². The predicted molar refractivity (Wildman–Crippen MR) is 105 cm³/mol. The Kier molecular flexibility index (Phi) is 4.47. The second kappa shape index (κ2) is 6.89. The van der Waals surface area contributed by atoms with Gasteiger partial charge in [-0.2, -0.15) is 0 Å². The Hall–Kier alpha value is -1.95. The summed E-state index contributed by atoms with van der Waals surface area (Å²) < 4.78 is 7.07. The van der Waals surface area contributed by atoms with Gasteiger partial charge in [0.25, 0.3) is 8.32 Å². The van der Waals surface area contributed by atoms with Gasteiger partial charge in [-0.3, -0.25) is 0 Å². The van der Waals surface area contributed by atoms with E-state index in [1.54, 1.807) is 0 Å². The number of hydrogen-bond acceptors (Lipinski definition) is 1. The van der Waals surface area contributed by atoms with Gasteiger partial charge in [-0.05, 0) is 27.6 Å². The van der Waals surface area contributed by atoms with E-state index in [9.17, 15) is 0 Å². The van der Waals surface area contributed by atoms with Crippen LogP contribution in [-0.4, -0.2) is 17.4 Å². The Labute approximate surface area is 146 Å². The van der Waals surface area contributed by atoms with Gasteiger partial charge in [0.2, 0.25) is 0 Å². The second-order valence-electron chi connectivity index (χ2n) is 6.27. The molecule has 1 aliphatic rings. The zero-order valence-electron chi connectivity index (χ0n) is 13.7. The first-order valence-corrected chi connectivity index (χ1v) is 12.3. The molecular weight excluding hydrogens is 324 g/mol. The van der Waals surface area contributed by atoms with E-state index in [2.05, 4.69) is 91.0 Å². The molecule has 0 aliphatic carbocycles. The quantitative estimate of drug-likeness (QED) is 0.510. The molecule has 0 bridgehead atoms. The van der Waals surface area contributed by atoms with Gasteiger partial charge in [0.05, 0.1) is 0 Å². The summed E-state index contributed by atoms with van der Waals surface area (Å²) in [6, 6.07) is 35.3. The van der Waals surface area contributed by atoms with Gasteiger partial charge in [0.15, 0.2) is 9.04 Å². The number of rotatable bonds is 5. The van der Waals surface area contributed by atoms with Crippen molar-refractivity contribution < 1.29 is 4.12 Å². The zero-order chi connectivity index (χ0) is 16.2. The first-order chi connectivity index (χ1) is 11.9. The zero-order valence-corrected chi connectivity index (χ0v) is 15.7. The predicted octanol–water partition coefficient (Wildman–Crippen LogP) is 3.07. The average Bonchev–Trinajstić information content (AvgIpc) is 2.64. The van der Waals surface area contributed by atoms with E-state index in [-0.39, 0.29) is 0 Å². The monoisotopic (exact) mass is 345 g/mol. The standard InChI is InChI=1S/C21H21OSi2/c1-4-11-19(12-5-1)24(22-23-17-10-18-23,20-13-6-2-7-14-20)21-15-8-3-9-16-21/h1-9,11-16H,10,17-18H2. The van der Waals surface area contributed by atoms with Crippen molar-refractivity contribution in [2.45, 2.75) is 18.5 Å². The molecule has 1 saturated heterocycles. The van der Waals surface area contributed by atoms with Crippen LogP contribution in [0.3, 0.4) is 0 Å². The smallest absolute Gasteiger partial charge is 0.278 e. The van der Waals surface area contributed by atoms with Crippen molar-refractivity contribution in [3.8, 4) is 0 Å². The minimum absolute atomic E-state index is 0.684. The maximum atomic E-state index is 7.07. The third kappa shape index (κ3) is 2.79. The van der Waals surface area contributed by atoms with Crippen LogP contribution in [0.2, 0.25) is 12.1 Å². The molecule has 0 spiro atoms. The highest BCUT2D eigenvalue weighted by Gasteiger charge is 2.44. The molecule has 0 unspecified atom stereocenters. The summed E-state index contributed by atoms with van der Waals surface area (Å²) >= 11 is 0. The maximum absolute atomic E-state index is 7.07. The molecule has 24 heavy (non-hydrogen) atoms. The van der Waals surface area contributed by atoms with Crippen LogP contribution in [0, 0.1) is 0 Å². The lowest BCUT2D eigenvalue weighted by atomic mass is 10.3. The topological polar surface area (TPSA) is 9.23 Å². The van der Waals surface area contributed by atoms with Gasteiger partial charge in [-0.1, -0.05) is 97.4 Å². The number of benzene rings is 3. The largest absolute Gasteiger partial charge is 0.445 e. The molecule has 3 aromatic carbocycles. The average molecular weight is 346 g/mol. The lowest BCUT2D eigenvalue weighted by Gasteiger charge is -2.39. The summed E-state index contributed by atoms with van der Waals surface area (Å²) in [6.45, 7) is 0. The molecular formula is C21H21OSi2. The van der Waals surface area contributed by atoms with E-state index < -0.39 is 17.4 Å². The third-order valence-electron chi connectivity index (χ3n) is 4.75. The van der Waals surface area contributed by atoms with Crippen LogP contribution < -0.4 is 15.6 Å². The van der Waals surface area contributed by atoms with Crippen LogP contribution in [0.1, 0.15) is 6.42 Å². The fourth-order valence-electron chi connectivity index (χ4n) is 3.34. The second-order valence-corrected chi connectivity index (χ2v) is 12.3. The Morgan fingerprint density at radius 3 is 1.25 bits per heavy atom. The Balaban J connectivity index is 1.95. The summed E-state index contributed by atoms with van der Waals surface area (Å²) in [4.78, 5) is 0. The van der Waals surface area contributed by atoms with E-state index in [0.29, 0.717) is 0 Å². The Bertz CT molecular complexity index is 674. The molecule has 1 aliphatic heterocycles. The van der Waals surface area contributed by atoms with Crippen LogP contribution in [0.4, 0.5) is 0 Å². The summed E-state index contributed by atoms with van der Waals surface area (Å²) in [5, 5.41) is 4.06. The van der Waals surface area contributed by atoms with Gasteiger partial charge in [-0.25, -0.2) is 0 Å². The lowest BCUT2D eigenvalue weighted by Crippen LogP contribution is -2.71. The minimum atomic E-state index is -2.41. The SMILES string of the molecule is c1ccc([Si](O[Si]2CCC2)(c2ccccc2)c2ccccc2)cc1. The molecule has 3 heteroatoms. The summed E-state index contributed by atoms with van der Waals surface area (Å²) in [7, 11) is -3.10. The molecule has 0 saturated carbocycles. The highest BCUT2D eigenvalue weighted by atomic mass is 28.4. The van der Waals surface area contributed by atoms with Crippen molar-refractivity contribution in [1.82, 2.24) is 0 Å². The molecule has 1 radical (unpaired) electrons. The molecule has 0 N–H and O–H groups in total. The molecule has 0 aromatic heterocycles. The van der Waals surface area contributed by atoms with Crippen molar-refractivity contribution in [2.75, 3.05) is 0 Å². The summed E-state index contributed by atoms with van der Waals surface area (Å²) in [5.41, 5.74) is 0. The van der Waals surface area contributed by atoms with Crippen molar-refractivity contribution in [3.63, 3.8) is 0 Å². The molecule has 1 fully saturated rings. The summed E-state index contributed by atoms with van der Waals surface area (Å²) in [6.07, 6.45) is 1.33. The molecule has 0 atom stereocenters. The Morgan fingerprint density at radius 1 is 0.583 bits per heavy atom. The fourth-order valence-corrected chi connectivity index (χ4v) is 10.9. The first kappa shape index (κ1) is 15.6. The van der Waals surface area contributed by atoms with Crippen molar-refractivity contribution in [3.05, 3.63) is 91.0 Å². The number of hydrogen-bond donors (Lipinski definition) is 0. The van der Waals surface area contributed by atoms with E-state index in [1.165, 1.54) is 34.1 Å². The molecule has 1 heterocycles. The molecule has 119 valence electrons. The molecule has 3 aromatic rings. The highest BCUT2D eigenvalue weighted by Crippen LogP contribution is 2.24. The first-order valence-electron chi connectivity index (χ1n) is 8.60. The van der Waals surface area contributed by atoms with E-state index in [1.807, 2.05) is 0 Å².